The molecule has 2 atom stereocenters. The van der Waals surface area contributed by atoms with Crippen molar-refractivity contribution in [2.75, 3.05) is 46.9 Å². The van der Waals surface area contributed by atoms with Crippen LogP contribution in [0.5, 0.6) is 0 Å². The zero-order chi connectivity index (χ0) is 38.8. The summed E-state index contributed by atoms with van der Waals surface area (Å²) in [6.07, 6.45) is 39.4. The van der Waals surface area contributed by atoms with Crippen LogP contribution in [-0.4, -0.2) is 80.1 Å². The van der Waals surface area contributed by atoms with Crippen LogP contribution < -0.4 is 0 Å². The largest absolute Gasteiger partial charge is 0.380 e. The Morgan fingerprint density at radius 1 is 0.698 bits per heavy atom. The molecule has 53 heavy (non-hydrogen) atoms. The molecule has 0 aromatic carbocycles. The van der Waals surface area contributed by atoms with Crippen LogP contribution in [0.4, 0.5) is 0 Å². The fraction of sp³-hybridized carbons (Fsp3) is 0.851. The highest BCUT2D eigenvalue weighted by Crippen LogP contribution is 2.26. The van der Waals surface area contributed by atoms with Crippen LogP contribution >= 0.6 is 0 Å². The lowest BCUT2D eigenvalue weighted by Gasteiger charge is -2.38. The minimum absolute atomic E-state index is 0.214. The Morgan fingerprint density at radius 2 is 1.26 bits per heavy atom. The molecule has 6 heteroatoms. The van der Waals surface area contributed by atoms with E-state index >= 15 is 0 Å². The molecule has 0 N–H and O–H groups in total. The number of carbonyl (C=O) groups is 3. The van der Waals surface area contributed by atoms with Gasteiger partial charge in [-0.15, -0.1) is 0 Å². The number of likely N-dealkylation sites (tertiary alicyclic amines) is 1. The lowest BCUT2D eigenvalue weighted by atomic mass is 9.90. The summed E-state index contributed by atoms with van der Waals surface area (Å²) in [5.74, 6) is 1.80. The van der Waals surface area contributed by atoms with Crippen LogP contribution in [0.2, 0.25) is 0 Å². The van der Waals surface area contributed by atoms with Crippen LogP contribution in [0.15, 0.2) is 24.3 Å². The Balaban J connectivity index is 2.38. The third-order valence-electron chi connectivity index (χ3n) is 11.1. The van der Waals surface area contributed by atoms with Gasteiger partial charge in [-0.1, -0.05) is 129 Å². The number of hydrogen-bond acceptors (Lipinski definition) is 6. The van der Waals surface area contributed by atoms with Crippen LogP contribution in [-0.2, 0) is 19.1 Å². The minimum Gasteiger partial charge on any atom is -0.380 e. The molecule has 6 nitrogen and oxygen atoms in total. The number of nitrogens with zero attached hydrogens (tertiary/aromatic N) is 2. The average molecular weight is 743 g/mol. The van der Waals surface area contributed by atoms with Gasteiger partial charge in [-0.25, -0.2) is 0 Å². The van der Waals surface area contributed by atoms with Crippen molar-refractivity contribution in [3.8, 4) is 0 Å². The van der Waals surface area contributed by atoms with E-state index in [4.69, 9.17) is 4.74 Å². The molecule has 1 fully saturated rings. The molecule has 308 valence electrons. The maximum atomic E-state index is 12.7. The maximum absolute atomic E-state index is 12.7. The Hall–Kier alpha value is -1.63. The van der Waals surface area contributed by atoms with E-state index in [1.807, 2.05) is 26.2 Å². The fourth-order valence-electron chi connectivity index (χ4n) is 7.59. The second-order valence-corrected chi connectivity index (χ2v) is 16.7. The highest BCUT2D eigenvalue weighted by molar-refractivity contribution is 5.90. The van der Waals surface area contributed by atoms with E-state index in [-0.39, 0.29) is 11.6 Å². The van der Waals surface area contributed by atoms with Crippen LogP contribution in [0.25, 0.3) is 0 Å². The number of ketones is 3. The van der Waals surface area contributed by atoms with Crippen LogP contribution in [0.1, 0.15) is 194 Å². The zero-order valence-electron chi connectivity index (χ0n) is 35.7. The van der Waals surface area contributed by atoms with Crippen molar-refractivity contribution in [1.82, 2.24) is 9.80 Å². The van der Waals surface area contributed by atoms with Gasteiger partial charge >= 0.3 is 0 Å². The zero-order valence-corrected chi connectivity index (χ0v) is 35.7. The Morgan fingerprint density at radius 3 is 1.91 bits per heavy atom. The molecule has 0 unspecified atom stereocenters. The molecule has 0 radical (unpaired) electrons. The van der Waals surface area contributed by atoms with Gasteiger partial charge in [0.2, 0.25) is 0 Å². The predicted molar refractivity (Wildman–Crippen MR) is 227 cm³/mol. The molecule has 0 aromatic rings. The van der Waals surface area contributed by atoms with Gasteiger partial charge in [0.15, 0.2) is 11.6 Å². The summed E-state index contributed by atoms with van der Waals surface area (Å²) in [5.41, 5.74) is 0. The van der Waals surface area contributed by atoms with E-state index in [9.17, 15) is 14.4 Å². The van der Waals surface area contributed by atoms with Crippen molar-refractivity contribution in [3.05, 3.63) is 24.3 Å². The van der Waals surface area contributed by atoms with Gasteiger partial charge in [-0.05, 0) is 109 Å². The number of carbonyl (C=O) groups excluding carboxylic acids is 3. The van der Waals surface area contributed by atoms with Crippen LogP contribution in [0.3, 0.4) is 0 Å². The van der Waals surface area contributed by atoms with Gasteiger partial charge in [-0.2, -0.15) is 0 Å². The second kappa shape index (κ2) is 34.8. The summed E-state index contributed by atoms with van der Waals surface area (Å²) < 4.78 is 6.26. The highest BCUT2D eigenvalue weighted by Gasteiger charge is 2.27. The third-order valence-corrected chi connectivity index (χ3v) is 11.1. The van der Waals surface area contributed by atoms with Gasteiger partial charge in [-0.3, -0.25) is 14.5 Å². The first-order chi connectivity index (χ1) is 25.7. The van der Waals surface area contributed by atoms with Crippen molar-refractivity contribution >= 4 is 17.3 Å². The number of Topliss-reactive ketones (excluding diaryl/α,β-unsaturated/α-hetero) is 1. The third kappa shape index (κ3) is 30.3. The second-order valence-electron chi connectivity index (χ2n) is 16.7. The number of allylic oxidation sites excluding steroid dienone is 4. The first-order valence-electron chi connectivity index (χ1n) is 22.6. The Labute approximate surface area is 328 Å². The average Bonchev–Trinajstić information content (AvgIpc) is 3.14. The molecule has 0 aromatic heterocycles. The maximum Gasteiger partial charge on any atom is 0.156 e. The number of ether oxygens (including phenoxy) is 1. The number of hydrogen-bond donors (Lipinski definition) is 0. The van der Waals surface area contributed by atoms with E-state index in [0.29, 0.717) is 42.9 Å². The van der Waals surface area contributed by atoms with Crippen LogP contribution in [0, 0.1) is 11.8 Å². The molecule has 1 saturated heterocycles. The van der Waals surface area contributed by atoms with Gasteiger partial charge in [0, 0.05) is 38.5 Å². The normalized spacial score (nSPS) is 16.9. The van der Waals surface area contributed by atoms with E-state index in [2.05, 4.69) is 35.8 Å². The van der Waals surface area contributed by atoms with Crippen molar-refractivity contribution in [1.29, 1.82) is 0 Å². The summed E-state index contributed by atoms with van der Waals surface area (Å²) in [5, 5.41) is 0. The molecule has 1 aliphatic heterocycles. The van der Waals surface area contributed by atoms with Gasteiger partial charge < -0.3 is 14.4 Å². The van der Waals surface area contributed by atoms with E-state index in [1.165, 1.54) is 89.9 Å². The standard InChI is InChI=1S/C47H86N2O4/c1-6-8-10-12-15-21-27-43(28-22-16-13-11-9-7-2)30-32-46(51)29-23-17-14-18-25-39-53-41-45-40-44(31-33-47(52)35-37-48(4)5)34-38-49(45)36-24-19-20-26-42(3)50/h30-33,43-45H,6-29,34-41H2,1-5H3/b32-30-,33-31-/t44-,45+/m1/s1. The molecule has 0 bridgehead atoms. The summed E-state index contributed by atoms with van der Waals surface area (Å²) >= 11 is 0. The van der Waals surface area contributed by atoms with E-state index in [1.54, 1.807) is 6.92 Å². The number of unbranched alkanes of at least 4 members (excludes halogenated alkanes) is 16. The SMILES string of the molecule is CCCCCCCCC(/C=C\C(=O)CCCCCCCOC[C@@H]1C[C@H](/C=C\C(=O)CCN(C)C)CCN1CCCCCC(C)=O)CCCCCCCC. The first-order valence-corrected chi connectivity index (χ1v) is 22.6. The molecule has 1 heterocycles. The Kier molecular flexibility index (Phi) is 32.5. The summed E-state index contributed by atoms with van der Waals surface area (Å²) in [6, 6.07) is 0.373. The molecule has 0 spiro atoms. The molecule has 0 saturated carbocycles. The topological polar surface area (TPSA) is 66.9 Å². The predicted octanol–water partition coefficient (Wildman–Crippen LogP) is 11.9. The molecule has 1 aliphatic rings. The summed E-state index contributed by atoms with van der Waals surface area (Å²) in [4.78, 5) is 41.0. The fourth-order valence-corrected chi connectivity index (χ4v) is 7.59. The first kappa shape index (κ1) is 49.4. The van der Waals surface area contributed by atoms with E-state index < -0.39 is 0 Å². The van der Waals surface area contributed by atoms with Gasteiger partial charge in [0.25, 0.3) is 0 Å². The summed E-state index contributed by atoms with van der Waals surface area (Å²) in [7, 11) is 4.01. The molecule has 0 amide bonds. The number of rotatable bonds is 37. The van der Waals surface area contributed by atoms with Gasteiger partial charge in [0.1, 0.15) is 5.78 Å². The lowest BCUT2D eigenvalue weighted by Crippen LogP contribution is -2.45. The van der Waals surface area contributed by atoms with Crippen molar-refractivity contribution in [3.63, 3.8) is 0 Å². The quantitative estimate of drug-likeness (QED) is 0.0466. The van der Waals surface area contributed by atoms with Gasteiger partial charge in [0.05, 0.1) is 6.61 Å². The smallest absolute Gasteiger partial charge is 0.156 e. The van der Waals surface area contributed by atoms with Crippen molar-refractivity contribution in [2.24, 2.45) is 11.8 Å². The van der Waals surface area contributed by atoms with E-state index in [0.717, 1.165) is 97.1 Å². The monoisotopic (exact) mass is 743 g/mol. The molecule has 0 aliphatic carbocycles. The highest BCUT2D eigenvalue weighted by atomic mass is 16.5. The summed E-state index contributed by atoms with van der Waals surface area (Å²) in [6.45, 7) is 10.6. The minimum atomic E-state index is 0.214. The Bertz CT molecular complexity index is 944. The molecular weight excluding hydrogens is 657 g/mol. The van der Waals surface area contributed by atoms with Crippen molar-refractivity contribution < 1.29 is 19.1 Å². The molecular formula is C47H86N2O4. The molecule has 1 rings (SSSR count). The lowest BCUT2D eigenvalue weighted by molar-refractivity contribution is -0.117. The number of piperidine rings is 1. The van der Waals surface area contributed by atoms with Crippen molar-refractivity contribution in [2.45, 2.75) is 200 Å².